The average Bonchev–Trinajstić information content (AvgIpc) is 2.73. The topological polar surface area (TPSA) is 96.3 Å². The molecule has 0 heterocycles. The van der Waals surface area contributed by atoms with Crippen LogP contribution < -0.4 is 10.1 Å². The highest BCUT2D eigenvalue weighted by Gasteiger charge is 2.22. The minimum Gasteiger partial charge on any atom is -0.497 e. The van der Waals surface area contributed by atoms with Gasteiger partial charge in [0, 0.05) is 16.3 Å². The van der Waals surface area contributed by atoms with Crippen LogP contribution in [0.5, 0.6) is 5.75 Å². The third-order valence-electron chi connectivity index (χ3n) is 4.10. The van der Waals surface area contributed by atoms with Crippen LogP contribution in [0, 0.1) is 11.3 Å². The zero-order chi connectivity index (χ0) is 21.0. The number of nitrogens with zero attached hydrogens (tertiary/aromatic N) is 1. The van der Waals surface area contributed by atoms with Gasteiger partial charge in [-0.05, 0) is 60.7 Å². The normalized spacial score (nSPS) is 10.8. The molecule has 3 aromatic rings. The van der Waals surface area contributed by atoms with Gasteiger partial charge in [0.05, 0.1) is 22.5 Å². The van der Waals surface area contributed by atoms with Crippen molar-refractivity contribution in [2.24, 2.45) is 0 Å². The third kappa shape index (κ3) is 4.40. The van der Waals surface area contributed by atoms with Crippen LogP contribution in [0.15, 0.2) is 76.5 Å². The summed E-state index contributed by atoms with van der Waals surface area (Å²) in [5.41, 5.74) is 0.552. The van der Waals surface area contributed by atoms with E-state index in [1.54, 1.807) is 18.2 Å². The summed E-state index contributed by atoms with van der Waals surface area (Å²) >= 11 is 5.89. The fraction of sp³-hybridized carbons (Fsp3) is 0.0476. The second-order valence-corrected chi connectivity index (χ2v) is 8.32. The molecular weight excluding hydrogens is 412 g/mol. The van der Waals surface area contributed by atoms with Gasteiger partial charge in [-0.25, -0.2) is 8.42 Å². The molecule has 3 aromatic carbocycles. The second-order valence-electron chi connectivity index (χ2n) is 5.97. The molecule has 3 rings (SSSR count). The Morgan fingerprint density at radius 2 is 1.79 bits per heavy atom. The Kier molecular flexibility index (Phi) is 5.87. The standard InChI is InChI=1S/C21H15ClN2O4S/c1-28-18-6-8-19(9-7-18)29(26,27)20-10-5-17(12-15(20)13-23)24-21(25)14-3-2-4-16(22)11-14/h2-12H,1H3,(H,24,25). The van der Waals surface area contributed by atoms with E-state index >= 15 is 0 Å². The molecule has 6 nitrogen and oxygen atoms in total. The molecular formula is C21H15ClN2O4S. The van der Waals surface area contributed by atoms with E-state index in [-0.39, 0.29) is 15.4 Å². The van der Waals surface area contributed by atoms with Crippen LogP contribution in [0.2, 0.25) is 5.02 Å². The molecule has 0 aliphatic rings. The smallest absolute Gasteiger partial charge is 0.255 e. The molecule has 0 saturated carbocycles. The van der Waals surface area contributed by atoms with Crippen molar-refractivity contribution in [2.45, 2.75) is 9.79 Å². The summed E-state index contributed by atoms with van der Waals surface area (Å²) in [5.74, 6) is 0.0886. The molecule has 0 aliphatic carbocycles. The number of nitrogens with one attached hydrogen (secondary N) is 1. The number of rotatable bonds is 5. The van der Waals surface area contributed by atoms with Crippen molar-refractivity contribution in [1.82, 2.24) is 0 Å². The summed E-state index contributed by atoms with van der Waals surface area (Å²) in [7, 11) is -2.44. The summed E-state index contributed by atoms with van der Waals surface area (Å²) in [6.07, 6.45) is 0. The quantitative estimate of drug-likeness (QED) is 0.655. The van der Waals surface area contributed by atoms with Gasteiger partial charge in [0.2, 0.25) is 9.84 Å². The van der Waals surface area contributed by atoms with E-state index in [0.29, 0.717) is 22.0 Å². The van der Waals surface area contributed by atoms with Crippen molar-refractivity contribution in [3.05, 3.63) is 82.9 Å². The molecule has 0 radical (unpaired) electrons. The van der Waals surface area contributed by atoms with Crippen LogP contribution in [0.25, 0.3) is 0 Å². The highest BCUT2D eigenvalue weighted by molar-refractivity contribution is 7.91. The first-order chi connectivity index (χ1) is 13.8. The molecule has 0 bridgehead atoms. The van der Waals surface area contributed by atoms with E-state index in [1.165, 1.54) is 55.6 Å². The van der Waals surface area contributed by atoms with Gasteiger partial charge in [-0.1, -0.05) is 17.7 Å². The number of benzene rings is 3. The van der Waals surface area contributed by atoms with Gasteiger partial charge in [-0.3, -0.25) is 4.79 Å². The maximum Gasteiger partial charge on any atom is 0.255 e. The lowest BCUT2D eigenvalue weighted by Crippen LogP contribution is -2.12. The molecule has 0 aliphatic heterocycles. The lowest BCUT2D eigenvalue weighted by Gasteiger charge is -2.10. The predicted molar refractivity (Wildman–Crippen MR) is 109 cm³/mol. The van der Waals surface area contributed by atoms with Crippen molar-refractivity contribution < 1.29 is 17.9 Å². The Hall–Kier alpha value is -3.34. The summed E-state index contributed by atoms with van der Waals surface area (Å²) in [5, 5.41) is 12.5. The minimum absolute atomic E-state index is 0.0329. The molecule has 146 valence electrons. The number of nitriles is 1. The molecule has 29 heavy (non-hydrogen) atoms. The monoisotopic (exact) mass is 426 g/mol. The predicted octanol–water partition coefficient (Wildman–Crippen LogP) is 4.31. The maximum absolute atomic E-state index is 12.9. The molecule has 8 heteroatoms. The van der Waals surface area contributed by atoms with Gasteiger partial charge in [0.15, 0.2) is 0 Å². The first kappa shape index (κ1) is 20.4. The zero-order valence-electron chi connectivity index (χ0n) is 15.2. The zero-order valence-corrected chi connectivity index (χ0v) is 16.8. The van der Waals surface area contributed by atoms with Crippen LogP contribution in [0.1, 0.15) is 15.9 Å². The highest BCUT2D eigenvalue weighted by atomic mass is 35.5. The van der Waals surface area contributed by atoms with Crippen molar-refractivity contribution >= 4 is 33.0 Å². The van der Waals surface area contributed by atoms with Crippen molar-refractivity contribution in [1.29, 1.82) is 5.26 Å². The van der Waals surface area contributed by atoms with E-state index in [4.69, 9.17) is 16.3 Å². The summed E-state index contributed by atoms with van der Waals surface area (Å²) < 4.78 is 30.9. The Labute approximate surface area is 173 Å². The summed E-state index contributed by atoms with van der Waals surface area (Å²) in [4.78, 5) is 12.2. The first-order valence-electron chi connectivity index (χ1n) is 8.35. The Morgan fingerprint density at radius 3 is 2.41 bits per heavy atom. The van der Waals surface area contributed by atoms with E-state index in [2.05, 4.69) is 5.32 Å². The lowest BCUT2D eigenvalue weighted by atomic mass is 10.2. The number of anilines is 1. The van der Waals surface area contributed by atoms with Gasteiger partial charge < -0.3 is 10.1 Å². The van der Waals surface area contributed by atoms with Crippen LogP contribution in [-0.2, 0) is 9.84 Å². The number of amides is 1. The van der Waals surface area contributed by atoms with Gasteiger partial charge in [0.1, 0.15) is 11.8 Å². The second kappa shape index (κ2) is 8.35. The average molecular weight is 427 g/mol. The Bertz CT molecular complexity index is 1220. The van der Waals surface area contributed by atoms with Crippen LogP contribution in [0.4, 0.5) is 5.69 Å². The van der Waals surface area contributed by atoms with E-state index in [1.807, 2.05) is 6.07 Å². The van der Waals surface area contributed by atoms with E-state index < -0.39 is 15.7 Å². The van der Waals surface area contributed by atoms with Gasteiger partial charge in [0.25, 0.3) is 5.91 Å². The fourth-order valence-corrected chi connectivity index (χ4v) is 4.22. The van der Waals surface area contributed by atoms with E-state index in [9.17, 15) is 18.5 Å². The molecule has 0 saturated heterocycles. The number of hydrogen-bond acceptors (Lipinski definition) is 5. The lowest BCUT2D eigenvalue weighted by molar-refractivity contribution is 0.102. The Morgan fingerprint density at radius 1 is 1.07 bits per heavy atom. The number of hydrogen-bond donors (Lipinski definition) is 1. The molecule has 0 aromatic heterocycles. The van der Waals surface area contributed by atoms with Crippen LogP contribution in [0.3, 0.4) is 0 Å². The van der Waals surface area contributed by atoms with Crippen molar-refractivity contribution in [2.75, 3.05) is 12.4 Å². The number of halogens is 1. The van der Waals surface area contributed by atoms with Gasteiger partial charge >= 0.3 is 0 Å². The van der Waals surface area contributed by atoms with Crippen LogP contribution >= 0.6 is 11.6 Å². The molecule has 1 N–H and O–H groups in total. The summed E-state index contributed by atoms with van der Waals surface area (Å²) in [6.45, 7) is 0. The minimum atomic E-state index is -3.92. The number of methoxy groups -OCH3 is 1. The number of carbonyl (C=O) groups is 1. The Balaban J connectivity index is 1.92. The van der Waals surface area contributed by atoms with Crippen molar-refractivity contribution in [3.8, 4) is 11.8 Å². The number of sulfone groups is 1. The third-order valence-corrected chi connectivity index (χ3v) is 6.17. The molecule has 0 atom stereocenters. The molecule has 0 unspecified atom stereocenters. The van der Waals surface area contributed by atoms with E-state index in [0.717, 1.165) is 0 Å². The molecule has 0 spiro atoms. The summed E-state index contributed by atoms with van der Waals surface area (Å²) in [6, 6.07) is 18.2. The highest BCUT2D eigenvalue weighted by Crippen LogP contribution is 2.27. The first-order valence-corrected chi connectivity index (χ1v) is 10.2. The van der Waals surface area contributed by atoms with Crippen LogP contribution in [-0.4, -0.2) is 21.4 Å². The number of ether oxygens (including phenoxy) is 1. The number of carbonyl (C=O) groups excluding carboxylic acids is 1. The largest absolute Gasteiger partial charge is 0.497 e. The maximum atomic E-state index is 12.9. The van der Waals surface area contributed by atoms with Gasteiger partial charge in [-0.2, -0.15) is 5.26 Å². The van der Waals surface area contributed by atoms with Gasteiger partial charge in [-0.15, -0.1) is 0 Å². The fourth-order valence-electron chi connectivity index (χ4n) is 2.64. The molecule has 1 amide bonds. The van der Waals surface area contributed by atoms with Crippen molar-refractivity contribution in [3.63, 3.8) is 0 Å². The molecule has 0 fully saturated rings. The SMILES string of the molecule is COc1ccc(S(=O)(=O)c2ccc(NC(=O)c3cccc(Cl)c3)cc2C#N)cc1.